The third kappa shape index (κ3) is 17.5. The van der Waals surface area contributed by atoms with E-state index in [0.29, 0.717) is 6.54 Å². The van der Waals surface area contributed by atoms with E-state index in [0.717, 1.165) is 12.5 Å². The van der Waals surface area contributed by atoms with Crippen LogP contribution >= 0.6 is 0 Å². The zero-order valence-corrected chi connectivity index (χ0v) is 25.5. The fraction of sp³-hybridized carbons (Fsp3) is 0.875. The molecule has 0 rings (SSSR count). The van der Waals surface area contributed by atoms with Crippen molar-refractivity contribution in [3.63, 3.8) is 0 Å². The Morgan fingerprint density at radius 1 is 0.821 bits per heavy atom. The van der Waals surface area contributed by atoms with Crippen LogP contribution < -0.4 is 40.0 Å². The van der Waals surface area contributed by atoms with E-state index in [2.05, 4.69) is 64.2 Å². The molecule has 1 atom stereocenters. The molecule has 1 unspecified atom stereocenters. The molecule has 0 aliphatic carbocycles. The fourth-order valence-corrected chi connectivity index (χ4v) is 20.9. The molecule has 160 valence electrons. The van der Waals surface area contributed by atoms with E-state index in [-0.39, 0.29) is 48.3 Å². The Balaban J connectivity index is 0. The molecule has 0 saturated heterocycles. The van der Waals surface area contributed by atoms with Gasteiger partial charge in [0.2, 0.25) is 5.91 Å². The standard InChI is InChI=1S/C16H39NO6Si4.Na/c1-24(2,3)21-26(7,8)23-27(9,22-25(4,5)6)14-10-13-17-15(18)11-12-16(19)20;/h10-14H2,1-9H3,(H,17,18)(H,19,20);/q;+1/p-1. The molecule has 0 aromatic carbocycles. The van der Waals surface area contributed by atoms with Crippen LogP contribution in [0.4, 0.5) is 0 Å². The zero-order chi connectivity index (χ0) is 21.5. The summed E-state index contributed by atoms with van der Waals surface area (Å²) in [4.78, 5) is 22.0. The summed E-state index contributed by atoms with van der Waals surface area (Å²) in [5.41, 5.74) is 0. The second-order valence-corrected chi connectivity index (χ2v) is 25.9. The number of carboxylic acids is 1. The number of hydrogen-bond donors (Lipinski definition) is 1. The summed E-state index contributed by atoms with van der Waals surface area (Å²) in [5, 5.41) is 13.2. The van der Waals surface area contributed by atoms with E-state index in [4.69, 9.17) is 12.3 Å². The van der Waals surface area contributed by atoms with E-state index in [9.17, 15) is 14.7 Å². The van der Waals surface area contributed by atoms with E-state index < -0.39 is 39.7 Å². The topological polar surface area (TPSA) is 96.9 Å². The molecule has 1 amide bonds. The minimum atomic E-state index is -2.46. The van der Waals surface area contributed by atoms with Crippen molar-refractivity contribution < 1.29 is 56.6 Å². The monoisotopic (exact) mass is 475 g/mol. The molecular weight excluding hydrogens is 438 g/mol. The van der Waals surface area contributed by atoms with Gasteiger partial charge in [-0.15, -0.1) is 0 Å². The summed E-state index contributed by atoms with van der Waals surface area (Å²) in [6, 6.07) is 0.753. The molecule has 0 spiro atoms. The Hall–Kier alpha value is 0.688. The average molecular weight is 476 g/mol. The van der Waals surface area contributed by atoms with Gasteiger partial charge >= 0.3 is 46.7 Å². The van der Waals surface area contributed by atoms with Crippen molar-refractivity contribution in [3.05, 3.63) is 0 Å². The van der Waals surface area contributed by atoms with Gasteiger partial charge in [0.05, 0.1) is 0 Å². The van der Waals surface area contributed by atoms with Crippen LogP contribution in [0.2, 0.25) is 65.0 Å². The first-order valence-corrected chi connectivity index (χ1v) is 21.7. The summed E-state index contributed by atoms with van der Waals surface area (Å²) in [7, 11) is -8.30. The van der Waals surface area contributed by atoms with Gasteiger partial charge in [-0.1, -0.05) is 0 Å². The molecule has 12 heteroatoms. The normalized spacial score (nSPS) is 14.8. The number of carbonyl (C=O) groups is 2. The van der Waals surface area contributed by atoms with Gasteiger partial charge in [0, 0.05) is 18.9 Å². The quantitative estimate of drug-likeness (QED) is 0.285. The summed E-state index contributed by atoms with van der Waals surface area (Å²) in [6.45, 7) is 19.6. The molecule has 28 heavy (non-hydrogen) atoms. The molecule has 0 bridgehead atoms. The van der Waals surface area contributed by atoms with Crippen molar-refractivity contribution in [2.75, 3.05) is 6.54 Å². The number of carbonyl (C=O) groups excluding carboxylic acids is 2. The van der Waals surface area contributed by atoms with Gasteiger partial charge in [-0.25, -0.2) is 0 Å². The summed E-state index contributed by atoms with van der Waals surface area (Å²) < 4.78 is 19.4. The van der Waals surface area contributed by atoms with E-state index in [1.54, 1.807) is 0 Å². The number of aliphatic carboxylic acids is 1. The summed E-state index contributed by atoms with van der Waals surface area (Å²) >= 11 is 0. The van der Waals surface area contributed by atoms with Crippen LogP contribution in [0.15, 0.2) is 0 Å². The second-order valence-electron chi connectivity index (χ2n) is 9.39. The Morgan fingerprint density at radius 2 is 1.32 bits per heavy atom. The van der Waals surface area contributed by atoms with Crippen molar-refractivity contribution in [1.29, 1.82) is 0 Å². The first-order chi connectivity index (χ1) is 11.9. The maximum absolute atomic E-state index is 11.6. The Morgan fingerprint density at radius 3 is 1.75 bits per heavy atom. The van der Waals surface area contributed by atoms with Gasteiger partial charge in [0.1, 0.15) is 0 Å². The van der Waals surface area contributed by atoms with Gasteiger partial charge in [-0.2, -0.15) is 0 Å². The maximum Gasteiger partial charge on any atom is 1.00 e. The molecule has 0 saturated carbocycles. The smallest absolute Gasteiger partial charge is 0.550 e. The van der Waals surface area contributed by atoms with Crippen LogP contribution in [0.1, 0.15) is 19.3 Å². The number of rotatable bonds is 13. The first kappa shape index (κ1) is 30.9. The fourth-order valence-electron chi connectivity index (χ4n) is 2.99. The van der Waals surface area contributed by atoms with Crippen molar-refractivity contribution in [1.82, 2.24) is 5.32 Å². The molecule has 0 aliphatic rings. The largest absolute Gasteiger partial charge is 1.00 e. The molecule has 0 fully saturated rings. The van der Waals surface area contributed by atoms with Crippen LogP contribution in [0.25, 0.3) is 0 Å². The Kier molecular flexibility index (Phi) is 13.8. The van der Waals surface area contributed by atoms with E-state index in [1.807, 2.05) is 0 Å². The van der Waals surface area contributed by atoms with Crippen LogP contribution in [-0.2, 0) is 21.9 Å². The van der Waals surface area contributed by atoms with Crippen LogP contribution in [0.3, 0.4) is 0 Å². The first-order valence-electron chi connectivity index (χ1n) is 9.50. The van der Waals surface area contributed by atoms with Crippen LogP contribution in [0, 0.1) is 0 Å². The van der Waals surface area contributed by atoms with Crippen molar-refractivity contribution >= 4 is 45.6 Å². The molecule has 0 aliphatic heterocycles. The van der Waals surface area contributed by atoms with Gasteiger partial charge in [-0.05, 0) is 77.8 Å². The third-order valence-electron chi connectivity index (χ3n) is 3.22. The van der Waals surface area contributed by atoms with E-state index >= 15 is 0 Å². The molecule has 0 radical (unpaired) electrons. The number of hydrogen-bond acceptors (Lipinski definition) is 6. The minimum absolute atomic E-state index is 0. The summed E-state index contributed by atoms with van der Waals surface area (Å²) in [6.07, 6.45) is 0.415. The number of carboxylic acid groups (broad SMARTS) is 1. The van der Waals surface area contributed by atoms with Gasteiger partial charge in [0.15, 0.2) is 16.6 Å². The number of nitrogens with one attached hydrogen (secondary N) is 1. The average Bonchev–Trinajstić information content (AvgIpc) is 2.35. The summed E-state index contributed by atoms with van der Waals surface area (Å²) in [5.74, 6) is -1.48. The van der Waals surface area contributed by atoms with Crippen molar-refractivity contribution in [3.8, 4) is 0 Å². The molecule has 0 heterocycles. The predicted octanol–water partition coefficient (Wildman–Crippen LogP) is -0.480. The van der Waals surface area contributed by atoms with Crippen LogP contribution in [0.5, 0.6) is 0 Å². The van der Waals surface area contributed by atoms with Gasteiger partial charge < -0.3 is 27.6 Å². The zero-order valence-electron chi connectivity index (χ0n) is 19.5. The van der Waals surface area contributed by atoms with Crippen LogP contribution in [-0.4, -0.2) is 52.2 Å². The van der Waals surface area contributed by atoms with E-state index in [1.165, 1.54) is 0 Å². The minimum Gasteiger partial charge on any atom is -0.550 e. The Bertz CT molecular complexity index is 510. The molecule has 7 nitrogen and oxygen atoms in total. The Labute approximate surface area is 197 Å². The van der Waals surface area contributed by atoms with Gasteiger partial charge in [-0.3, -0.25) is 4.79 Å². The van der Waals surface area contributed by atoms with Gasteiger partial charge in [0.25, 0.3) is 0 Å². The maximum atomic E-state index is 11.6. The van der Waals surface area contributed by atoms with Crippen molar-refractivity contribution in [2.24, 2.45) is 0 Å². The molecule has 1 N–H and O–H groups in total. The predicted molar refractivity (Wildman–Crippen MR) is 116 cm³/mol. The molecular formula is C16H38NNaO6Si4. The molecule has 0 aromatic heterocycles. The third-order valence-corrected chi connectivity index (χ3v) is 16.8. The number of amides is 1. The SMILES string of the molecule is C[Si](C)(C)O[Si](C)(C)O[Si](C)(CCCNC(=O)CCC(=O)[O-])O[Si](C)(C)C.[Na+]. The van der Waals surface area contributed by atoms with Crippen molar-refractivity contribution in [2.45, 2.75) is 84.2 Å². The molecule has 0 aromatic rings. The second kappa shape index (κ2) is 12.5.